The Morgan fingerprint density at radius 3 is 2.91 bits per heavy atom. The van der Waals surface area contributed by atoms with Gasteiger partial charge >= 0.3 is 0 Å². The van der Waals surface area contributed by atoms with Gasteiger partial charge in [-0.05, 0) is 44.7 Å². The second-order valence-electron chi connectivity index (χ2n) is 7.24. The van der Waals surface area contributed by atoms with Gasteiger partial charge < -0.3 is 4.57 Å². The van der Waals surface area contributed by atoms with E-state index < -0.39 is 0 Å². The van der Waals surface area contributed by atoms with Crippen LogP contribution in [-0.4, -0.2) is 31.7 Å². The molecule has 0 saturated heterocycles. The minimum atomic E-state index is 0.657. The minimum absolute atomic E-state index is 0.657. The van der Waals surface area contributed by atoms with E-state index in [4.69, 9.17) is 0 Å². The molecule has 2 heterocycles. The van der Waals surface area contributed by atoms with Crippen molar-refractivity contribution in [1.29, 1.82) is 0 Å². The molecule has 0 radical (unpaired) electrons. The van der Waals surface area contributed by atoms with E-state index in [1.165, 1.54) is 74.0 Å². The first kappa shape index (κ1) is 14.9. The number of hydrogen-bond donors (Lipinski definition) is 1. The van der Waals surface area contributed by atoms with E-state index in [1.807, 2.05) is 12.5 Å². The Bertz CT molecular complexity index is 650. The van der Waals surface area contributed by atoms with Gasteiger partial charge in [0.2, 0.25) is 0 Å². The molecule has 0 atom stereocenters. The van der Waals surface area contributed by atoms with Crippen molar-refractivity contribution < 1.29 is 0 Å². The number of fused-ring (bicyclic) bond motifs is 1. The third kappa shape index (κ3) is 3.07. The highest BCUT2D eigenvalue weighted by atomic mass is 15.2. The molecule has 0 bridgehead atoms. The van der Waals surface area contributed by atoms with E-state index in [-0.39, 0.29) is 0 Å². The van der Waals surface area contributed by atoms with Crippen molar-refractivity contribution in [3.05, 3.63) is 35.2 Å². The predicted octanol–water partition coefficient (Wildman–Crippen LogP) is 3.23. The van der Waals surface area contributed by atoms with Crippen molar-refractivity contribution in [2.24, 2.45) is 0 Å². The van der Waals surface area contributed by atoms with E-state index in [9.17, 15) is 0 Å². The number of aromatic nitrogens is 4. The molecule has 0 unspecified atom stereocenters. The van der Waals surface area contributed by atoms with Gasteiger partial charge in [-0.2, -0.15) is 5.10 Å². The molecule has 2 aliphatic rings. The first-order valence-corrected chi connectivity index (χ1v) is 9.05. The standard InChI is InChI=1S/C18H27N5/c1-22(12-18-16-8-5-9-17(16)20-21-18)11-15-10-19-13-23(15)14-6-3-2-4-7-14/h10,13-14H,2-9,11-12H2,1H3,(H,20,21). The Kier molecular flexibility index (Phi) is 4.21. The van der Waals surface area contributed by atoms with Crippen molar-refractivity contribution in [1.82, 2.24) is 24.6 Å². The molecule has 124 valence electrons. The summed E-state index contributed by atoms with van der Waals surface area (Å²) >= 11 is 0. The first-order chi connectivity index (χ1) is 11.3. The molecule has 2 aromatic heterocycles. The first-order valence-electron chi connectivity index (χ1n) is 9.05. The monoisotopic (exact) mass is 313 g/mol. The lowest BCUT2D eigenvalue weighted by Gasteiger charge is -2.26. The van der Waals surface area contributed by atoms with E-state index in [1.54, 1.807) is 0 Å². The fourth-order valence-corrected chi connectivity index (χ4v) is 4.25. The Labute approximate surface area is 138 Å². The van der Waals surface area contributed by atoms with Gasteiger partial charge in [0.1, 0.15) is 0 Å². The van der Waals surface area contributed by atoms with Crippen LogP contribution in [0.4, 0.5) is 0 Å². The number of imidazole rings is 1. The summed E-state index contributed by atoms with van der Waals surface area (Å²) in [7, 11) is 2.19. The van der Waals surface area contributed by atoms with Crippen LogP contribution in [0.2, 0.25) is 0 Å². The molecule has 0 aromatic carbocycles. The molecule has 2 aromatic rings. The summed E-state index contributed by atoms with van der Waals surface area (Å²) < 4.78 is 2.42. The van der Waals surface area contributed by atoms with E-state index >= 15 is 0 Å². The largest absolute Gasteiger partial charge is 0.330 e. The third-order valence-corrected chi connectivity index (χ3v) is 5.46. The summed E-state index contributed by atoms with van der Waals surface area (Å²) in [6.45, 7) is 1.86. The van der Waals surface area contributed by atoms with Crippen molar-refractivity contribution >= 4 is 0 Å². The second-order valence-corrected chi connectivity index (χ2v) is 7.24. The maximum atomic E-state index is 4.53. The van der Waals surface area contributed by atoms with Gasteiger partial charge in [0.05, 0.1) is 17.7 Å². The topological polar surface area (TPSA) is 49.7 Å². The van der Waals surface area contributed by atoms with Gasteiger partial charge in [-0.1, -0.05) is 19.3 Å². The summed E-state index contributed by atoms with van der Waals surface area (Å²) in [6.07, 6.45) is 14.4. The van der Waals surface area contributed by atoms with Crippen molar-refractivity contribution in [2.45, 2.75) is 70.5 Å². The molecular weight excluding hydrogens is 286 g/mol. The van der Waals surface area contributed by atoms with E-state index in [2.05, 4.69) is 31.7 Å². The summed E-state index contributed by atoms with van der Waals surface area (Å²) in [6, 6.07) is 0.657. The molecule has 23 heavy (non-hydrogen) atoms. The molecule has 1 N–H and O–H groups in total. The van der Waals surface area contributed by atoms with Gasteiger partial charge in [-0.3, -0.25) is 10.00 Å². The highest BCUT2D eigenvalue weighted by Gasteiger charge is 2.21. The lowest BCUT2D eigenvalue weighted by molar-refractivity contribution is 0.287. The van der Waals surface area contributed by atoms with Gasteiger partial charge in [0, 0.05) is 31.0 Å². The quantitative estimate of drug-likeness (QED) is 0.922. The predicted molar refractivity (Wildman–Crippen MR) is 90.1 cm³/mol. The number of rotatable bonds is 5. The summed E-state index contributed by atoms with van der Waals surface area (Å²) in [5.41, 5.74) is 5.41. The molecule has 5 heteroatoms. The summed E-state index contributed by atoms with van der Waals surface area (Å²) in [5, 5.41) is 7.75. The normalized spacial score (nSPS) is 18.7. The van der Waals surface area contributed by atoms with Crippen LogP contribution in [0.1, 0.15) is 67.2 Å². The Morgan fingerprint density at radius 1 is 1.17 bits per heavy atom. The van der Waals surface area contributed by atoms with Crippen molar-refractivity contribution in [3.63, 3.8) is 0 Å². The lowest BCUT2D eigenvalue weighted by atomic mass is 9.95. The zero-order valence-electron chi connectivity index (χ0n) is 14.1. The van der Waals surface area contributed by atoms with Crippen molar-refractivity contribution in [3.8, 4) is 0 Å². The van der Waals surface area contributed by atoms with Gasteiger partial charge in [-0.15, -0.1) is 0 Å². The van der Waals surface area contributed by atoms with Gasteiger partial charge in [0.25, 0.3) is 0 Å². The summed E-state index contributed by atoms with van der Waals surface area (Å²) in [4.78, 5) is 6.79. The average molecular weight is 313 g/mol. The molecular formula is C18H27N5. The van der Waals surface area contributed by atoms with Crippen LogP contribution >= 0.6 is 0 Å². The number of hydrogen-bond acceptors (Lipinski definition) is 3. The Hall–Kier alpha value is -1.62. The highest BCUT2D eigenvalue weighted by molar-refractivity contribution is 5.29. The zero-order chi connectivity index (χ0) is 15.6. The molecule has 5 nitrogen and oxygen atoms in total. The van der Waals surface area contributed by atoms with Crippen LogP contribution in [0.3, 0.4) is 0 Å². The summed E-state index contributed by atoms with van der Waals surface area (Å²) in [5.74, 6) is 0. The van der Waals surface area contributed by atoms with Gasteiger partial charge in [-0.25, -0.2) is 4.98 Å². The second kappa shape index (κ2) is 6.48. The fourth-order valence-electron chi connectivity index (χ4n) is 4.25. The fraction of sp³-hybridized carbons (Fsp3) is 0.667. The van der Waals surface area contributed by atoms with Crippen LogP contribution in [-0.2, 0) is 25.9 Å². The molecule has 2 aliphatic carbocycles. The van der Waals surface area contributed by atoms with Crippen molar-refractivity contribution in [2.75, 3.05) is 7.05 Å². The molecule has 1 fully saturated rings. The van der Waals surface area contributed by atoms with Crippen LogP contribution in [0.25, 0.3) is 0 Å². The van der Waals surface area contributed by atoms with Crippen LogP contribution in [0, 0.1) is 0 Å². The Morgan fingerprint density at radius 2 is 2.04 bits per heavy atom. The molecule has 0 amide bonds. The maximum absolute atomic E-state index is 4.53. The third-order valence-electron chi connectivity index (χ3n) is 5.46. The molecule has 1 saturated carbocycles. The molecule has 0 aliphatic heterocycles. The van der Waals surface area contributed by atoms with Crippen LogP contribution in [0.15, 0.2) is 12.5 Å². The number of nitrogens with zero attached hydrogens (tertiary/aromatic N) is 4. The van der Waals surface area contributed by atoms with E-state index in [0.717, 1.165) is 13.1 Å². The SMILES string of the molecule is CN(Cc1n[nH]c2c1CCC2)Cc1cncn1C1CCCCC1. The molecule has 4 rings (SSSR count). The molecule has 0 spiro atoms. The van der Waals surface area contributed by atoms with Crippen LogP contribution in [0.5, 0.6) is 0 Å². The van der Waals surface area contributed by atoms with E-state index in [0.29, 0.717) is 6.04 Å². The average Bonchev–Trinajstić information content (AvgIpc) is 3.27. The number of H-pyrrole nitrogens is 1. The number of aryl methyl sites for hydroxylation is 1. The Balaban J connectivity index is 1.42. The lowest BCUT2D eigenvalue weighted by Crippen LogP contribution is -2.22. The maximum Gasteiger partial charge on any atom is 0.0951 e. The van der Waals surface area contributed by atoms with Gasteiger partial charge in [0.15, 0.2) is 0 Å². The smallest absolute Gasteiger partial charge is 0.0951 e. The zero-order valence-corrected chi connectivity index (χ0v) is 14.1. The number of nitrogens with one attached hydrogen (secondary N) is 1. The number of aromatic amines is 1. The minimum Gasteiger partial charge on any atom is -0.330 e. The highest BCUT2D eigenvalue weighted by Crippen LogP contribution is 2.29. The van der Waals surface area contributed by atoms with Crippen LogP contribution < -0.4 is 0 Å².